The molecule has 0 bridgehead atoms. The molecular formula is C22H28F3N5O6S. The maximum Gasteiger partial charge on any atom is 0.534 e. The molecule has 0 atom stereocenters. The molecule has 0 saturated heterocycles. The lowest BCUT2D eigenvalue weighted by atomic mass is 9.82. The first-order chi connectivity index (χ1) is 17.2. The van der Waals surface area contributed by atoms with Crippen molar-refractivity contribution in [1.82, 2.24) is 20.0 Å². The second kappa shape index (κ2) is 11.0. The second-order valence-corrected chi connectivity index (χ2v) is 10.5. The van der Waals surface area contributed by atoms with Gasteiger partial charge in [0.2, 0.25) is 5.91 Å². The van der Waals surface area contributed by atoms with Crippen LogP contribution in [-0.2, 0) is 19.6 Å². The van der Waals surface area contributed by atoms with Crippen LogP contribution in [0.2, 0.25) is 0 Å². The summed E-state index contributed by atoms with van der Waals surface area (Å²) in [7, 11) is -5.92. The number of alkyl halides is 3. The number of amides is 1. The molecule has 0 aliphatic heterocycles. The van der Waals surface area contributed by atoms with Crippen LogP contribution in [0.1, 0.15) is 63.7 Å². The topological polar surface area (TPSA) is 134 Å². The molecule has 15 heteroatoms. The maximum absolute atomic E-state index is 13.5. The average Bonchev–Trinajstić information content (AvgIpc) is 3.24. The molecule has 1 aliphatic carbocycles. The van der Waals surface area contributed by atoms with E-state index in [9.17, 15) is 31.2 Å². The predicted molar refractivity (Wildman–Crippen MR) is 124 cm³/mol. The van der Waals surface area contributed by atoms with Crippen molar-refractivity contribution in [3.8, 4) is 11.7 Å². The number of carbonyl (C=O) groups excluding carboxylic acids is 2. The Balaban J connectivity index is 1.97. The molecule has 11 nitrogen and oxygen atoms in total. The normalized spacial score (nSPS) is 18.5. The summed E-state index contributed by atoms with van der Waals surface area (Å²) in [5, 5.41) is 11.4. The van der Waals surface area contributed by atoms with Crippen molar-refractivity contribution in [3.63, 3.8) is 0 Å². The Kier molecular flexibility index (Phi) is 8.45. The molecule has 1 fully saturated rings. The summed E-state index contributed by atoms with van der Waals surface area (Å²) in [5.41, 5.74) is -5.66. The van der Waals surface area contributed by atoms with E-state index < -0.39 is 27.5 Å². The first kappa shape index (κ1) is 28.3. The van der Waals surface area contributed by atoms with Gasteiger partial charge in [0.1, 0.15) is 5.56 Å². The van der Waals surface area contributed by atoms with Crippen LogP contribution in [0.15, 0.2) is 18.3 Å². The number of halogens is 3. The van der Waals surface area contributed by atoms with Crippen molar-refractivity contribution >= 4 is 27.8 Å². The van der Waals surface area contributed by atoms with Gasteiger partial charge in [-0.15, -0.1) is 15.3 Å². The summed E-state index contributed by atoms with van der Waals surface area (Å²) < 4.78 is 70.2. The van der Waals surface area contributed by atoms with E-state index in [1.807, 2.05) is 0 Å². The predicted octanol–water partition coefficient (Wildman–Crippen LogP) is 3.64. The molecule has 1 saturated carbocycles. The van der Waals surface area contributed by atoms with Crippen LogP contribution in [0.3, 0.4) is 0 Å². The Morgan fingerprint density at radius 1 is 1.16 bits per heavy atom. The van der Waals surface area contributed by atoms with Crippen LogP contribution in [0.4, 0.5) is 19.0 Å². The molecule has 1 aliphatic rings. The fraction of sp³-hybridized carbons (Fsp3) is 0.591. The number of nitrogens with zero attached hydrogens (tertiary/aromatic N) is 5. The Bertz CT molecular complexity index is 1220. The zero-order chi connectivity index (χ0) is 27.5. The molecule has 2 heterocycles. The molecule has 1 amide bonds. The van der Waals surface area contributed by atoms with Gasteiger partial charge in [-0.05, 0) is 58.4 Å². The summed E-state index contributed by atoms with van der Waals surface area (Å²) in [6, 6.07) is 1.59. The lowest BCUT2D eigenvalue weighted by molar-refractivity contribution is -0.124. The number of aromatic nitrogens is 4. The number of anilines is 1. The van der Waals surface area contributed by atoms with Gasteiger partial charge in [0.05, 0.1) is 6.61 Å². The Hall–Kier alpha value is -3.23. The zero-order valence-electron chi connectivity index (χ0n) is 20.7. The largest absolute Gasteiger partial charge is 0.534 e. The van der Waals surface area contributed by atoms with Crippen LogP contribution >= 0.6 is 0 Å². The maximum atomic E-state index is 13.5. The van der Waals surface area contributed by atoms with Crippen LogP contribution < -0.4 is 9.08 Å². The standard InChI is InChI=1S/C22H28F3N5O6S/c1-5-35-21(32)16-12-29(17-10-11-18(27-26-17)36-37(33,34)22(23,24)25)28-19(16)30(13(2)3)20(31)15-8-6-14(4)7-9-15/h10-15H,5-9H2,1-4H3. The van der Waals surface area contributed by atoms with E-state index in [2.05, 4.69) is 26.4 Å². The molecule has 0 aromatic carbocycles. The van der Waals surface area contributed by atoms with Gasteiger partial charge in [0.25, 0.3) is 5.88 Å². The third kappa shape index (κ3) is 6.37. The molecule has 0 radical (unpaired) electrons. The molecule has 204 valence electrons. The van der Waals surface area contributed by atoms with Crippen molar-refractivity contribution in [2.75, 3.05) is 11.5 Å². The molecule has 2 aromatic heterocycles. The number of esters is 1. The van der Waals surface area contributed by atoms with Crippen molar-refractivity contribution in [3.05, 3.63) is 23.9 Å². The summed E-state index contributed by atoms with van der Waals surface area (Å²) in [6.07, 6.45) is 4.51. The van der Waals surface area contributed by atoms with E-state index in [0.29, 0.717) is 18.8 Å². The third-order valence-corrected chi connectivity index (χ3v) is 6.83. The van der Waals surface area contributed by atoms with E-state index in [0.717, 1.165) is 29.7 Å². The minimum atomic E-state index is -5.92. The summed E-state index contributed by atoms with van der Waals surface area (Å²) in [4.78, 5) is 27.7. The van der Waals surface area contributed by atoms with Crippen molar-refractivity contribution in [1.29, 1.82) is 0 Å². The van der Waals surface area contributed by atoms with Gasteiger partial charge >= 0.3 is 21.6 Å². The van der Waals surface area contributed by atoms with E-state index in [1.54, 1.807) is 20.8 Å². The monoisotopic (exact) mass is 547 g/mol. The smallest absolute Gasteiger partial charge is 0.462 e. The number of carbonyl (C=O) groups is 2. The first-order valence-corrected chi connectivity index (χ1v) is 13.1. The van der Waals surface area contributed by atoms with Gasteiger partial charge in [0, 0.05) is 24.2 Å². The number of hydrogen-bond donors (Lipinski definition) is 0. The van der Waals surface area contributed by atoms with Crippen LogP contribution in [0.5, 0.6) is 5.88 Å². The quantitative estimate of drug-likeness (QED) is 0.276. The second-order valence-electron chi connectivity index (χ2n) is 9.00. The Morgan fingerprint density at radius 2 is 1.81 bits per heavy atom. The van der Waals surface area contributed by atoms with Crippen molar-refractivity contribution in [2.45, 2.75) is 64.9 Å². The van der Waals surface area contributed by atoms with Gasteiger partial charge in [-0.25, -0.2) is 9.48 Å². The van der Waals surface area contributed by atoms with Crippen LogP contribution in [-0.4, -0.2) is 58.4 Å². The van der Waals surface area contributed by atoms with Crippen LogP contribution in [0.25, 0.3) is 5.82 Å². The summed E-state index contributed by atoms with van der Waals surface area (Å²) in [5.74, 6) is -1.55. The van der Waals surface area contributed by atoms with E-state index in [1.165, 1.54) is 11.1 Å². The molecular weight excluding hydrogens is 519 g/mol. The van der Waals surface area contributed by atoms with Crippen molar-refractivity contribution < 1.29 is 40.1 Å². The highest BCUT2D eigenvalue weighted by atomic mass is 32.2. The highest BCUT2D eigenvalue weighted by molar-refractivity contribution is 7.87. The highest BCUT2D eigenvalue weighted by Crippen LogP contribution is 2.33. The fourth-order valence-electron chi connectivity index (χ4n) is 3.96. The minimum Gasteiger partial charge on any atom is -0.462 e. The van der Waals surface area contributed by atoms with Crippen LogP contribution in [0, 0.1) is 11.8 Å². The number of hydrogen-bond acceptors (Lipinski definition) is 9. The van der Waals surface area contributed by atoms with E-state index in [-0.39, 0.29) is 41.7 Å². The molecule has 2 aromatic rings. The first-order valence-electron chi connectivity index (χ1n) is 11.7. The summed E-state index contributed by atoms with van der Waals surface area (Å²) in [6.45, 7) is 7.39. The number of ether oxygens (including phenoxy) is 1. The third-order valence-electron chi connectivity index (χ3n) is 5.88. The molecule has 0 unspecified atom stereocenters. The molecule has 0 spiro atoms. The summed E-state index contributed by atoms with van der Waals surface area (Å²) >= 11 is 0. The van der Waals surface area contributed by atoms with Gasteiger partial charge in [-0.1, -0.05) is 6.92 Å². The molecule has 37 heavy (non-hydrogen) atoms. The van der Waals surface area contributed by atoms with E-state index >= 15 is 0 Å². The van der Waals surface area contributed by atoms with Gasteiger partial charge in [-0.3, -0.25) is 9.69 Å². The SMILES string of the molecule is CCOC(=O)c1cn(-c2ccc(OS(=O)(=O)C(F)(F)F)nn2)nc1N(C(=O)C1CCC(C)CC1)C(C)C. The zero-order valence-corrected chi connectivity index (χ0v) is 21.5. The Morgan fingerprint density at radius 3 is 2.32 bits per heavy atom. The van der Waals surface area contributed by atoms with Gasteiger partial charge in [0.15, 0.2) is 11.6 Å². The Labute approximate surface area is 212 Å². The minimum absolute atomic E-state index is 0.0187. The van der Waals surface area contributed by atoms with Gasteiger partial charge in [-0.2, -0.15) is 21.6 Å². The average molecular weight is 548 g/mol. The highest BCUT2D eigenvalue weighted by Gasteiger charge is 2.49. The number of rotatable bonds is 8. The fourth-order valence-corrected chi connectivity index (χ4v) is 4.37. The van der Waals surface area contributed by atoms with Crippen molar-refractivity contribution in [2.24, 2.45) is 11.8 Å². The lowest BCUT2D eigenvalue weighted by Gasteiger charge is -2.32. The van der Waals surface area contributed by atoms with E-state index in [4.69, 9.17) is 4.74 Å². The lowest BCUT2D eigenvalue weighted by Crippen LogP contribution is -2.43. The molecule has 0 N–H and O–H groups in total. The van der Waals surface area contributed by atoms with Gasteiger partial charge < -0.3 is 8.92 Å². The molecule has 3 rings (SSSR count).